The van der Waals surface area contributed by atoms with Crippen molar-refractivity contribution in [3.8, 4) is 5.88 Å². The fourth-order valence-electron chi connectivity index (χ4n) is 5.75. The van der Waals surface area contributed by atoms with Gasteiger partial charge in [-0.05, 0) is 37.8 Å². The van der Waals surface area contributed by atoms with Gasteiger partial charge >= 0.3 is 6.18 Å². The Balaban J connectivity index is 1.07. The highest BCUT2D eigenvalue weighted by atomic mass is 32.2. The number of halogens is 3. The molecule has 2 bridgehead atoms. The van der Waals surface area contributed by atoms with Crippen LogP contribution < -0.4 is 20.3 Å². The van der Waals surface area contributed by atoms with Crippen LogP contribution in [0.15, 0.2) is 29.4 Å². The maximum absolute atomic E-state index is 13.5. The van der Waals surface area contributed by atoms with Gasteiger partial charge in [-0.25, -0.2) is 18.4 Å². The lowest BCUT2D eigenvalue weighted by Crippen LogP contribution is -2.51. The first kappa shape index (κ1) is 27.4. The van der Waals surface area contributed by atoms with Gasteiger partial charge in [-0.3, -0.25) is 0 Å². The maximum atomic E-state index is 13.5. The number of nitrogens with zero attached hydrogens (tertiary/aromatic N) is 5. The SMILES string of the molecule is O=S(=O)(c1ccc(N2CC3CCC(C2)N3)nc1)N1CCC(Nc2ncc(C(F)(F)F)c(O[C@H]3CCOC3)n2)CC1. The van der Waals surface area contributed by atoms with Gasteiger partial charge in [-0.15, -0.1) is 0 Å². The number of sulfonamides is 1. The Morgan fingerprint density at radius 2 is 1.77 bits per heavy atom. The number of nitrogens with one attached hydrogen (secondary N) is 2. The van der Waals surface area contributed by atoms with Gasteiger partial charge in [-0.2, -0.15) is 22.5 Å². The monoisotopic (exact) mass is 583 g/mol. The Hall–Kier alpha value is -2.75. The number of aromatic nitrogens is 3. The zero-order chi connectivity index (χ0) is 27.9. The van der Waals surface area contributed by atoms with Crippen molar-refractivity contribution in [3.63, 3.8) is 0 Å². The van der Waals surface area contributed by atoms with Crippen LogP contribution in [0, 0.1) is 0 Å². The summed E-state index contributed by atoms with van der Waals surface area (Å²) in [4.78, 5) is 14.7. The van der Waals surface area contributed by atoms with Gasteiger partial charge in [0.2, 0.25) is 21.9 Å². The molecule has 3 atom stereocenters. The number of alkyl halides is 3. The Morgan fingerprint density at radius 3 is 2.40 bits per heavy atom. The summed E-state index contributed by atoms with van der Waals surface area (Å²) in [5, 5.41) is 6.62. The van der Waals surface area contributed by atoms with E-state index in [0.717, 1.165) is 31.7 Å². The van der Waals surface area contributed by atoms with E-state index in [1.807, 2.05) is 0 Å². The van der Waals surface area contributed by atoms with Crippen LogP contribution in [0.5, 0.6) is 5.88 Å². The van der Waals surface area contributed by atoms with Crippen LogP contribution in [0.4, 0.5) is 24.9 Å². The summed E-state index contributed by atoms with van der Waals surface area (Å²) in [6.45, 7) is 2.83. The third kappa shape index (κ3) is 5.83. The van der Waals surface area contributed by atoms with Crippen molar-refractivity contribution in [2.24, 2.45) is 0 Å². The quantitative estimate of drug-likeness (QED) is 0.502. The van der Waals surface area contributed by atoms with Crippen LogP contribution in [0.25, 0.3) is 0 Å². The average molecular weight is 584 g/mol. The van der Waals surface area contributed by atoms with Gasteiger partial charge in [0.1, 0.15) is 22.4 Å². The minimum Gasteiger partial charge on any atom is -0.471 e. The highest BCUT2D eigenvalue weighted by Gasteiger charge is 2.38. The molecule has 0 saturated carbocycles. The van der Waals surface area contributed by atoms with E-state index in [9.17, 15) is 21.6 Å². The minimum absolute atomic E-state index is 0.00404. The molecule has 2 aromatic heterocycles. The molecule has 218 valence electrons. The van der Waals surface area contributed by atoms with E-state index < -0.39 is 33.7 Å². The van der Waals surface area contributed by atoms with Crippen molar-refractivity contribution in [1.82, 2.24) is 24.6 Å². The van der Waals surface area contributed by atoms with Crippen molar-refractivity contribution in [2.75, 3.05) is 49.6 Å². The van der Waals surface area contributed by atoms with E-state index in [4.69, 9.17) is 9.47 Å². The topological polar surface area (TPSA) is 122 Å². The smallest absolute Gasteiger partial charge is 0.423 e. The zero-order valence-electron chi connectivity index (χ0n) is 21.8. The average Bonchev–Trinajstić information content (AvgIpc) is 3.57. The summed E-state index contributed by atoms with van der Waals surface area (Å²) in [5.74, 6) is 0.245. The van der Waals surface area contributed by atoms with Crippen LogP contribution in [-0.2, 0) is 20.9 Å². The first-order valence-corrected chi connectivity index (χ1v) is 15.0. The van der Waals surface area contributed by atoms with Crippen LogP contribution in [0.1, 0.15) is 37.7 Å². The molecule has 0 aliphatic carbocycles. The van der Waals surface area contributed by atoms with E-state index in [0.29, 0.717) is 44.1 Å². The molecule has 4 aliphatic heterocycles. The van der Waals surface area contributed by atoms with Gasteiger partial charge < -0.3 is 25.0 Å². The molecular formula is C25H32F3N7O4S. The molecule has 4 fully saturated rings. The molecule has 4 aliphatic rings. The van der Waals surface area contributed by atoms with E-state index in [1.165, 1.54) is 10.5 Å². The molecule has 0 aromatic carbocycles. The second-order valence-corrected chi connectivity index (χ2v) is 12.7. The standard InChI is InChI=1S/C25H32F3N7O4S/c26-25(27,28)21-12-30-24(33-23(21)39-19-7-10-38-15-19)32-16-5-8-35(9-6-16)40(36,37)20-3-4-22(29-11-20)34-13-17-1-2-18(14-34)31-17/h3-4,11-12,16-19,31H,1-2,5-10,13-15H2,(H,30,32,33)/t17?,18?,19-/m0/s1. The fourth-order valence-corrected chi connectivity index (χ4v) is 7.17. The largest absolute Gasteiger partial charge is 0.471 e. The summed E-state index contributed by atoms with van der Waals surface area (Å²) in [7, 11) is -3.73. The van der Waals surface area contributed by atoms with Crippen molar-refractivity contribution in [2.45, 2.75) is 67.4 Å². The summed E-state index contributed by atoms with van der Waals surface area (Å²) >= 11 is 0. The molecule has 0 radical (unpaired) electrons. The number of hydrogen-bond acceptors (Lipinski definition) is 10. The summed E-state index contributed by atoms with van der Waals surface area (Å²) < 4.78 is 79.1. The number of anilines is 2. The van der Waals surface area contributed by atoms with Gasteiger partial charge in [0.25, 0.3) is 0 Å². The third-order valence-electron chi connectivity index (χ3n) is 7.91. The second-order valence-electron chi connectivity index (χ2n) is 10.7. The molecule has 4 saturated heterocycles. The van der Waals surface area contributed by atoms with Gasteiger partial charge in [0.15, 0.2) is 0 Å². The molecule has 40 heavy (non-hydrogen) atoms. The first-order valence-electron chi connectivity index (χ1n) is 13.6. The highest BCUT2D eigenvalue weighted by molar-refractivity contribution is 7.89. The summed E-state index contributed by atoms with van der Waals surface area (Å²) in [6.07, 6.45) is 0.608. The van der Waals surface area contributed by atoms with Crippen LogP contribution in [0.2, 0.25) is 0 Å². The zero-order valence-corrected chi connectivity index (χ0v) is 22.6. The molecule has 2 unspecified atom stereocenters. The maximum Gasteiger partial charge on any atom is 0.423 e. The lowest BCUT2D eigenvalue weighted by atomic mass is 10.1. The fraction of sp³-hybridized carbons (Fsp3) is 0.640. The number of piperazine rings is 1. The van der Waals surface area contributed by atoms with Crippen molar-refractivity contribution in [1.29, 1.82) is 0 Å². The predicted octanol–water partition coefficient (Wildman–Crippen LogP) is 2.26. The normalized spacial score (nSPS) is 26.3. The number of rotatable bonds is 7. The Bertz CT molecular complexity index is 1290. The van der Waals surface area contributed by atoms with E-state index >= 15 is 0 Å². The Kier molecular flexibility index (Phi) is 7.48. The molecule has 0 spiro atoms. The van der Waals surface area contributed by atoms with E-state index in [-0.39, 0.29) is 36.6 Å². The van der Waals surface area contributed by atoms with Crippen LogP contribution >= 0.6 is 0 Å². The second kappa shape index (κ2) is 10.9. The van der Waals surface area contributed by atoms with E-state index in [1.54, 1.807) is 12.1 Å². The molecule has 6 heterocycles. The summed E-state index contributed by atoms with van der Waals surface area (Å²) in [6, 6.07) is 4.07. The molecule has 2 N–H and O–H groups in total. The lowest BCUT2D eigenvalue weighted by molar-refractivity contribution is -0.139. The molecular weight excluding hydrogens is 551 g/mol. The molecule has 15 heteroatoms. The molecule has 11 nitrogen and oxygen atoms in total. The highest BCUT2D eigenvalue weighted by Crippen LogP contribution is 2.36. The number of pyridine rings is 1. The predicted molar refractivity (Wildman–Crippen MR) is 139 cm³/mol. The number of hydrogen-bond donors (Lipinski definition) is 2. The Labute approximate surface area is 230 Å². The molecule has 0 amide bonds. The number of ether oxygens (including phenoxy) is 2. The van der Waals surface area contributed by atoms with Gasteiger partial charge in [0, 0.05) is 63.1 Å². The van der Waals surface area contributed by atoms with Gasteiger partial charge in [0.05, 0.1) is 13.2 Å². The van der Waals surface area contributed by atoms with Crippen LogP contribution in [-0.4, -0.2) is 91.3 Å². The minimum atomic E-state index is -4.66. The molecule has 6 rings (SSSR count). The van der Waals surface area contributed by atoms with Crippen molar-refractivity contribution < 1.29 is 31.1 Å². The van der Waals surface area contributed by atoms with Gasteiger partial charge in [-0.1, -0.05) is 0 Å². The Morgan fingerprint density at radius 1 is 1.02 bits per heavy atom. The summed E-state index contributed by atoms with van der Waals surface area (Å²) in [5.41, 5.74) is -1.05. The van der Waals surface area contributed by atoms with Crippen LogP contribution in [0.3, 0.4) is 0 Å². The van der Waals surface area contributed by atoms with Crippen molar-refractivity contribution >= 4 is 21.8 Å². The lowest BCUT2D eigenvalue weighted by Gasteiger charge is -2.34. The number of fused-ring (bicyclic) bond motifs is 2. The third-order valence-corrected chi connectivity index (χ3v) is 9.79. The number of piperidine rings is 1. The first-order chi connectivity index (χ1) is 19.1. The van der Waals surface area contributed by atoms with Crippen molar-refractivity contribution in [3.05, 3.63) is 30.1 Å². The van der Waals surface area contributed by atoms with E-state index in [2.05, 4.69) is 30.5 Å². The molecule has 2 aromatic rings.